The zero-order valence-corrected chi connectivity index (χ0v) is 11.1. The molecular formula is C12H18N2O3S. The predicted molar refractivity (Wildman–Crippen MR) is 70.7 cm³/mol. The molecule has 3 N–H and O–H groups in total. The van der Waals surface area contributed by atoms with Crippen LogP contribution in [0.15, 0.2) is 24.3 Å². The Morgan fingerprint density at radius 2 is 1.94 bits per heavy atom. The van der Waals surface area contributed by atoms with Crippen molar-refractivity contribution >= 4 is 15.7 Å². The lowest BCUT2D eigenvalue weighted by molar-refractivity contribution is 0.0329. The van der Waals surface area contributed by atoms with Crippen LogP contribution in [0.5, 0.6) is 0 Å². The van der Waals surface area contributed by atoms with Gasteiger partial charge in [0.2, 0.25) is 10.0 Å². The number of anilines is 1. The normalized spacial score (nSPS) is 23.4. The van der Waals surface area contributed by atoms with E-state index in [1.54, 1.807) is 19.2 Å². The van der Waals surface area contributed by atoms with Gasteiger partial charge in [-0.3, -0.25) is 0 Å². The SMILES string of the molecule is COC1CC(Nc2ccc(CS(N)(=O)=O)cc2)C1. The van der Waals surface area contributed by atoms with Gasteiger partial charge in [0.05, 0.1) is 11.9 Å². The van der Waals surface area contributed by atoms with Crippen LogP contribution in [0.4, 0.5) is 5.69 Å². The maximum Gasteiger partial charge on any atom is 0.213 e. The number of nitrogens with two attached hydrogens (primary N) is 1. The van der Waals surface area contributed by atoms with Crippen molar-refractivity contribution in [2.45, 2.75) is 30.7 Å². The molecule has 18 heavy (non-hydrogen) atoms. The third-order valence-electron chi connectivity index (χ3n) is 3.12. The van der Waals surface area contributed by atoms with Gasteiger partial charge >= 0.3 is 0 Å². The van der Waals surface area contributed by atoms with Gasteiger partial charge in [0.25, 0.3) is 0 Å². The minimum absolute atomic E-state index is 0.123. The highest BCUT2D eigenvalue weighted by atomic mass is 32.2. The summed E-state index contributed by atoms with van der Waals surface area (Å²) in [6.07, 6.45) is 2.38. The fraction of sp³-hybridized carbons (Fsp3) is 0.500. The third-order valence-corrected chi connectivity index (χ3v) is 3.86. The van der Waals surface area contributed by atoms with E-state index in [1.165, 1.54) is 0 Å². The Hall–Kier alpha value is -1.11. The Balaban J connectivity index is 1.88. The molecule has 0 spiro atoms. The minimum Gasteiger partial charge on any atom is -0.382 e. The average molecular weight is 270 g/mol. The van der Waals surface area contributed by atoms with Gasteiger partial charge < -0.3 is 10.1 Å². The Morgan fingerprint density at radius 1 is 1.33 bits per heavy atom. The highest BCUT2D eigenvalue weighted by Gasteiger charge is 2.28. The number of benzene rings is 1. The molecule has 1 aromatic rings. The summed E-state index contributed by atoms with van der Waals surface area (Å²) in [4.78, 5) is 0. The predicted octanol–water partition coefficient (Wildman–Crippen LogP) is 1.06. The zero-order valence-electron chi connectivity index (χ0n) is 10.3. The van der Waals surface area contributed by atoms with Crippen LogP contribution in [0.1, 0.15) is 18.4 Å². The second kappa shape index (κ2) is 5.26. The van der Waals surface area contributed by atoms with Crippen LogP contribution in [0, 0.1) is 0 Å². The number of nitrogens with one attached hydrogen (secondary N) is 1. The van der Waals surface area contributed by atoms with Gasteiger partial charge in [-0.1, -0.05) is 12.1 Å². The van der Waals surface area contributed by atoms with E-state index in [9.17, 15) is 8.42 Å². The van der Waals surface area contributed by atoms with Gasteiger partial charge in [0, 0.05) is 18.8 Å². The summed E-state index contributed by atoms with van der Waals surface area (Å²) in [7, 11) is -1.73. The van der Waals surface area contributed by atoms with Crippen molar-refractivity contribution < 1.29 is 13.2 Å². The zero-order chi connectivity index (χ0) is 13.2. The average Bonchev–Trinajstić information content (AvgIpc) is 2.23. The smallest absolute Gasteiger partial charge is 0.213 e. The van der Waals surface area contributed by atoms with Gasteiger partial charge in [-0.25, -0.2) is 13.6 Å². The first kappa shape index (κ1) is 13.3. The molecule has 5 nitrogen and oxygen atoms in total. The molecule has 0 aromatic heterocycles. The van der Waals surface area contributed by atoms with E-state index in [0.717, 1.165) is 18.5 Å². The van der Waals surface area contributed by atoms with Crippen molar-refractivity contribution in [3.05, 3.63) is 29.8 Å². The Kier molecular flexibility index (Phi) is 3.89. The number of hydrogen-bond donors (Lipinski definition) is 2. The van der Waals surface area contributed by atoms with E-state index in [-0.39, 0.29) is 5.75 Å². The van der Waals surface area contributed by atoms with Crippen LogP contribution < -0.4 is 10.5 Å². The van der Waals surface area contributed by atoms with E-state index >= 15 is 0 Å². The maximum atomic E-state index is 10.9. The first-order valence-corrected chi connectivity index (χ1v) is 7.56. The van der Waals surface area contributed by atoms with E-state index in [1.807, 2.05) is 12.1 Å². The number of hydrogen-bond acceptors (Lipinski definition) is 4. The molecule has 0 saturated heterocycles. The molecule has 0 heterocycles. The van der Waals surface area contributed by atoms with Crippen LogP contribution in [-0.2, 0) is 20.5 Å². The minimum atomic E-state index is -3.45. The maximum absolute atomic E-state index is 10.9. The number of rotatable bonds is 5. The fourth-order valence-corrected chi connectivity index (χ4v) is 2.70. The first-order chi connectivity index (χ1) is 8.46. The van der Waals surface area contributed by atoms with Crippen molar-refractivity contribution in [3.8, 4) is 0 Å². The Morgan fingerprint density at radius 3 is 2.44 bits per heavy atom. The van der Waals surface area contributed by atoms with Crippen molar-refractivity contribution in [1.29, 1.82) is 0 Å². The molecule has 1 aromatic carbocycles. The summed E-state index contributed by atoms with van der Waals surface area (Å²) in [5.74, 6) is -0.123. The van der Waals surface area contributed by atoms with Crippen LogP contribution >= 0.6 is 0 Å². The molecular weight excluding hydrogens is 252 g/mol. The van der Waals surface area contributed by atoms with Crippen molar-refractivity contribution in [1.82, 2.24) is 0 Å². The van der Waals surface area contributed by atoms with E-state index in [0.29, 0.717) is 17.7 Å². The quantitative estimate of drug-likeness (QED) is 0.838. The molecule has 0 unspecified atom stereocenters. The third kappa shape index (κ3) is 3.69. The summed E-state index contributed by atoms with van der Waals surface area (Å²) >= 11 is 0. The van der Waals surface area contributed by atoms with E-state index in [4.69, 9.17) is 9.88 Å². The van der Waals surface area contributed by atoms with Crippen molar-refractivity contribution in [2.24, 2.45) is 5.14 Å². The van der Waals surface area contributed by atoms with Gasteiger partial charge in [-0.05, 0) is 30.5 Å². The molecule has 1 saturated carbocycles. The van der Waals surface area contributed by atoms with E-state index in [2.05, 4.69) is 5.32 Å². The highest BCUT2D eigenvalue weighted by Crippen LogP contribution is 2.26. The molecule has 0 bridgehead atoms. The number of methoxy groups -OCH3 is 1. The number of ether oxygens (including phenoxy) is 1. The van der Waals surface area contributed by atoms with Crippen molar-refractivity contribution in [3.63, 3.8) is 0 Å². The monoisotopic (exact) mass is 270 g/mol. The van der Waals surface area contributed by atoms with Crippen LogP contribution in [0.2, 0.25) is 0 Å². The molecule has 2 rings (SSSR count). The lowest BCUT2D eigenvalue weighted by Gasteiger charge is -2.35. The standard InChI is InChI=1S/C12H18N2O3S/c1-17-12-6-11(7-12)14-10-4-2-9(3-5-10)8-18(13,15)16/h2-5,11-12,14H,6-8H2,1H3,(H2,13,15,16). The number of primary sulfonamides is 1. The topological polar surface area (TPSA) is 81.4 Å². The molecule has 6 heteroatoms. The summed E-state index contributed by atoms with van der Waals surface area (Å²) in [5.41, 5.74) is 1.69. The van der Waals surface area contributed by atoms with Crippen molar-refractivity contribution in [2.75, 3.05) is 12.4 Å². The van der Waals surface area contributed by atoms with E-state index < -0.39 is 10.0 Å². The molecule has 100 valence electrons. The van der Waals surface area contributed by atoms with Gasteiger partial charge in [-0.2, -0.15) is 0 Å². The summed E-state index contributed by atoms with van der Waals surface area (Å²) in [6.45, 7) is 0. The highest BCUT2D eigenvalue weighted by molar-refractivity contribution is 7.88. The Bertz CT molecular complexity index is 493. The first-order valence-electron chi connectivity index (χ1n) is 5.85. The molecule has 1 fully saturated rings. The number of sulfonamides is 1. The fourth-order valence-electron chi connectivity index (χ4n) is 2.04. The summed E-state index contributed by atoms with van der Waals surface area (Å²) in [6, 6.07) is 7.75. The molecule has 0 aliphatic heterocycles. The second-order valence-corrected chi connectivity index (χ2v) is 6.29. The summed E-state index contributed by atoms with van der Waals surface area (Å²) < 4.78 is 27.1. The van der Waals surface area contributed by atoms with Gasteiger partial charge in [0.1, 0.15) is 0 Å². The molecule has 0 atom stereocenters. The van der Waals surface area contributed by atoms with Crippen LogP contribution in [-0.4, -0.2) is 27.7 Å². The lowest BCUT2D eigenvalue weighted by atomic mass is 9.89. The largest absolute Gasteiger partial charge is 0.382 e. The lowest BCUT2D eigenvalue weighted by Crippen LogP contribution is -2.40. The van der Waals surface area contributed by atoms with Gasteiger partial charge in [-0.15, -0.1) is 0 Å². The Labute approximate surface area is 107 Å². The molecule has 1 aliphatic carbocycles. The molecule has 0 amide bonds. The second-order valence-electron chi connectivity index (χ2n) is 4.67. The van der Waals surface area contributed by atoms with Gasteiger partial charge in [0.15, 0.2) is 0 Å². The van der Waals surface area contributed by atoms with Crippen LogP contribution in [0.3, 0.4) is 0 Å². The van der Waals surface area contributed by atoms with Crippen LogP contribution in [0.25, 0.3) is 0 Å². The molecule has 1 aliphatic rings. The summed E-state index contributed by atoms with van der Waals surface area (Å²) in [5, 5.41) is 8.36. The molecule has 0 radical (unpaired) electrons.